The molecule has 1 rings (SSSR count). The maximum absolute atomic E-state index is 12.0. The van der Waals surface area contributed by atoms with E-state index in [1.807, 2.05) is 6.92 Å². The highest BCUT2D eigenvalue weighted by atomic mass is 32.2. The van der Waals surface area contributed by atoms with E-state index in [0.717, 1.165) is 0 Å². The van der Waals surface area contributed by atoms with Crippen molar-refractivity contribution in [2.24, 2.45) is 0 Å². The number of carbonyl (C=O) groups is 2. The van der Waals surface area contributed by atoms with E-state index in [9.17, 15) is 14.4 Å². The molecule has 110 valence electrons. The summed E-state index contributed by atoms with van der Waals surface area (Å²) in [7, 11) is 0. The smallest absolute Gasteiger partial charge is 0.310 e. The Kier molecular flexibility index (Phi) is 7.12. The van der Waals surface area contributed by atoms with Crippen LogP contribution in [0.3, 0.4) is 0 Å². The van der Waals surface area contributed by atoms with Gasteiger partial charge in [-0.3, -0.25) is 9.59 Å². The molecule has 6 heteroatoms. The quantitative estimate of drug-likeness (QED) is 0.529. The molecule has 0 heterocycles. The third-order valence-corrected chi connectivity index (χ3v) is 3.78. The van der Waals surface area contributed by atoms with Crippen LogP contribution in [0.5, 0.6) is 0 Å². The van der Waals surface area contributed by atoms with Gasteiger partial charge in [-0.05, 0) is 20.3 Å². The Bertz CT molecular complexity index is 448. The van der Waals surface area contributed by atoms with Gasteiger partial charge in [0.2, 0.25) is 0 Å². The summed E-state index contributed by atoms with van der Waals surface area (Å²) in [6, 6.07) is 0. The van der Waals surface area contributed by atoms with Crippen molar-refractivity contribution in [2.75, 3.05) is 13.2 Å². The van der Waals surface area contributed by atoms with Gasteiger partial charge in [0.1, 0.15) is 11.7 Å². The van der Waals surface area contributed by atoms with Crippen molar-refractivity contribution in [1.82, 2.24) is 0 Å². The molecule has 0 radical (unpaired) electrons. The number of esters is 1. The molecule has 0 amide bonds. The molecule has 20 heavy (non-hydrogen) atoms. The van der Waals surface area contributed by atoms with Gasteiger partial charge in [0, 0.05) is 12.0 Å². The first-order valence-electron chi connectivity index (χ1n) is 6.53. The Morgan fingerprint density at radius 3 is 2.80 bits per heavy atom. The topological polar surface area (TPSA) is 69.7 Å². The molecule has 1 aliphatic carbocycles. The van der Waals surface area contributed by atoms with Crippen LogP contribution in [-0.2, 0) is 23.9 Å². The lowest BCUT2D eigenvalue weighted by Gasteiger charge is -2.25. The summed E-state index contributed by atoms with van der Waals surface area (Å²) in [5.74, 6) is 1.66. The molecule has 0 saturated heterocycles. The average molecular weight is 298 g/mol. The van der Waals surface area contributed by atoms with Crippen LogP contribution < -0.4 is 0 Å². The van der Waals surface area contributed by atoms with Crippen molar-refractivity contribution < 1.29 is 23.9 Å². The third kappa shape index (κ3) is 4.54. The lowest BCUT2D eigenvalue weighted by Crippen LogP contribution is -2.25. The highest BCUT2D eigenvalue weighted by molar-refractivity contribution is 8.03. The number of hydrogen-bond donors (Lipinski definition) is 0. The monoisotopic (exact) mass is 298 g/mol. The standard InChI is InChI=1S/C14H18O5S/c1-3-18-13(17)9-10-11(16)5-6-12(20-8-7-15)14(10)19-4-2/h8,12H,3-6,9H2,1-2H3. The SMILES string of the molecule is CCOC(=O)CC1=C(OCC)C(SC=C=O)CCC1=O. The van der Waals surface area contributed by atoms with E-state index >= 15 is 0 Å². The van der Waals surface area contributed by atoms with E-state index in [4.69, 9.17) is 9.47 Å². The van der Waals surface area contributed by atoms with Gasteiger partial charge in [0.15, 0.2) is 5.78 Å². The summed E-state index contributed by atoms with van der Waals surface area (Å²) in [5, 5.41) is 1.18. The predicted octanol–water partition coefficient (Wildman–Crippen LogP) is 2.04. The molecule has 0 aliphatic heterocycles. The number of hydrogen-bond acceptors (Lipinski definition) is 6. The third-order valence-electron chi connectivity index (χ3n) is 2.77. The van der Waals surface area contributed by atoms with Crippen LogP contribution in [-0.4, -0.2) is 36.2 Å². The molecule has 5 nitrogen and oxygen atoms in total. The fourth-order valence-electron chi connectivity index (χ4n) is 1.99. The second-order valence-electron chi connectivity index (χ2n) is 4.08. The number of ketones is 1. The van der Waals surface area contributed by atoms with Gasteiger partial charge in [0.25, 0.3) is 0 Å². The first kappa shape index (κ1) is 16.5. The molecule has 1 atom stereocenters. The molecule has 0 aromatic rings. The van der Waals surface area contributed by atoms with Gasteiger partial charge in [-0.25, -0.2) is 4.79 Å². The second kappa shape index (κ2) is 8.61. The highest BCUT2D eigenvalue weighted by Gasteiger charge is 2.31. The zero-order chi connectivity index (χ0) is 15.0. The molecule has 0 aromatic carbocycles. The Labute approximate surface area is 122 Å². The number of rotatable bonds is 7. The lowest BCUT2D eigenvalue weighted by atomic mass is 9.93. The lowest BCUT2D eigenvalue weighted by molar-refractivity contribution is -0.143. The van der Waals surface area contributed by atoms with Crippen LogP contribution >= 0.6 is 11.8 Å². The molecule has 1 aliphatic rings. The van der Waals surface area contributed by atoms with Crippen LogP contribution in [0.1, 0.15) is 33.1 Å². The summed E-state index contributed by atoms with van der Waals surface area (Å²) in [5.41, 5.74) is 0.369. The largest absolute Gasteiger partial charge is 0.497 e. The van der Waals surface area contributed by atoms with Crippen LogP contribution in [0.15, 0.2) is 16.7 Å². The van der Waals surface area contributed by atoms with E-state index < -0.39 is 5.97 Å². The minimum absolute atomic E-state index is 0.0795. The molecule has 0 aromatic heterocycles. The molecule has 0 spiro atoms. The van der Waals surface area contributed by atoms with Crippen LogP contribution in [0.2, 0.25) is 0 Å². The summed E-state index contributed by atoms with van der Waals surface area (Å²) in [6.45, 7) is 4.20. The zero-order valence-corrected chi connectivity index (χ0v) is 12.5. The fourth-order valence-corrected chi connectivity index (χ4v) is 2.80. The first-order valence-corrected chi connectivity index (χ1v) is 7.47. The minimum atomic E-state index is -0.440. The van der Waals surface area contributed by atoms with Gasteiger partial charge in [-0.2, -0.15) is 0 Å². The Hall–Kier alpha value is -1.52. The average Bonchev–Trinajstić information content (AvgIpc) is 2.42. The zero-order valence-electron chi connectivity index (χ0n) is 11.6. The summed E-state index contributed by atoms with van der Waals surface area (Å²) in [6.07, 6.45) is 0.850. The Morgan fingerprint density at radius 1 is 1.45 bits per heavy atom. The van der Waals surface area contributed by atoms with E-state index in [1.54, 1.807) is 12.9 Å². The van der Waals surface area contributed by atoms with E-state index in [2.05, 4.69) is 0 Å². The predicted molar refractivity (Wildman–Crippen MR) is 75.8 cm³/mol. The number of thioether (sulfide) groups is 1. The van der Waals surface area contributed by atoms with E-state index in [1.165, 1.54) is 17.2 Å². The molecule has 0 saturated carbocycles. The van der Waals surface area contributed by atoms with Gasteiger partial charge in [-0.15, -0.1) is 11.8 Å². The van der Waals surface area contributed by atoms with Crippen molar-refractivity contribution in [3.8, 4) is 0 Å². The Balaban J connectivity index is 3.00. The summed E-state index contributed by atoms with van der Waals surface area (Å²) in [4.78, 5) is 33.9. The van der Waals surface area contributed by atoms with Crippen molar-refractivity contribution in [3.05, 3.63) is 16.7 Å². The van der Waals surface area contributed by atoms with Crippen LogP contribution in [0.4, 0.5) is 0 Å². The molecular formula is C14H18O5S. The molecule has 0 fully saturated rings. The second-order valence-corrected chi connectivity index (χ2v) is 5.16. The number of carbonyl (C=O) groups excluding carboxylic acids is 3. The maximum atomic E-state index is 12.0. The van der Waals surface area contributed by atoms with E-state index in [0.29, 0.717) is 30.8 Å². The maximum Gasteiger partial charge on any atom is 0.310 e. The van der Waals surface area contributed by atoms with Crippen molar-refractivity contribution in [2.45, 2.75) is 38.4 Å². The minimum Gasteiger partial charge on any atom is -0.497 e. The van der Waals surface area contributed by atoms with Crippen molar-refractivity contribution in [3.63, 3.8) is 0 Å². The highest BCUT2D eigenvalue weighted by Crippen LogP contribution is 2.34. The van der Waals surface area contributed by atoms with Crippen LogP contribution in [0, 0.1) is 0 Å². The fraction of sp³-hybridized carbons (Fsp3) is 0.571. The first-order chi connectivity index (χ1) is 9.63. The van der Waals surface area contributed by atoms with Gasteiger partial charge in [-0.1, -0.05) is 0 Å². The number of Topliss-reactive ketones (excluding diaryl/α,β-unsaturated/α-hetero) is 1. The van der Waals surface area contributed by atoms with Gasteiger partial charge in [0.05, 0.1) is 30.3 Å². The van der Waals surface area contributed by atoms with Crippen molar-refractivity contribution in [1.29, 1.82) is 0 Å². The van der Waals surface area contributed by atoms with E-state index in [-0.39, 0.29) is 24.1 Å². The molecular weight excluding hydrogens is 280 g/mol. The Morgan fingerprint density at radius 2 is 2.20 bits per heavy atom. The van der Waals surface area contributed by atoms with Crippen molar-refractivity contribution >= 4 is 29.5 Å². The normalized spacial score (nSPS) is 18.5. The van der Waals surface area contributed by atoms with Crippen LogP contribution in [0.25, 0.3) is 0 Å². The van der Waals surface area contributed by atoms with Gasteiger partial charge >= 0.3 is 5.97 Å². The summed E-state index contributed by atoms with van der Waals surface area (Å²) >= 11 is 1.26. The molecule has 1 unspecified atom stereocenters. The molecule has 0 N–H and O–H groups in total. The molecule has 0 bridgehead atoms. The summed E-state index contributed by atoms with van der Waals surface area (Å²) < 4.78 is 10.4. The van der Waals surface area contributed by atoms with Gasteiger partial charge < -0.3 is 9.47 Å². The number of ether oxygens (including phenoxy) is 2.